The van der Waals surface area contributed by atoms with Gasteiger partial charge in [0.15, 0.2) is 11.5 Å². The minimum Gasteiger partial charge on any atom is -0.494 e. The fraction of sp³-hybridized carbons (Fsp3) is 0.391. The van der Waals surface area contributed by atoms with Crippen LogP contribution in [0.25, 0.3) is 0 Å². The molecule has 30 heavy (non-hydrogen) atoms. The van der Waals surface area contributed by atoms with Crippen molar-refractivity contribution in [3.63, 3.8) is 0 Å². The Morgan fingerprint density at radius 3 is 2.37 bits per heavy atom. The molecule has 0 N–H and O–H groups in total. The number of carbonyl (C=O) groups is 1. The van der Waals surface area contributed by atoms with Crippen LogP contribution in [-0.2, 0) is 4.79 Å². The Morgan fingerprint density at radius 1 is 1.03 bits per heavy atom. The Kier molecular flexibility index (Phi) is 9.49. The lowest BCUT2D eigenvalue weighted by molar-refractivity contribution is -0.119. The Balaban J connectivity index is 1.92. The van der Waals surface area contributed by atoms with Gasteiger partial charge in [-0.2, -0.15) is 5.26 Å². The maximum atomic E-state index is 12.9. The Morgan fingerprint density at radius 2 is 1.73 bits per heavy atom. The SMILES string of the molecule is CCOc1ccc(N(CCC#N)C(=O)CN(C)CCOc2ccccc2OC)cc1. The molecule has 2 aromatic rings. The van der Waals surface area contributed by atoms with E-state index in [1.165, 1.54) is 0 Å². The number of rotatable bonds is 12. The van der Waals surface area contributed by atoms with Crippen LogP contribution in [0.5, 0.6) is 17.2 Å². The molecule has 0 radical (unpaired) electrons. The van der Waals surface area contributed by atoms with Crippen molar-refractivity contribution in [2.75, 3.05) is 51.9 Å². The van der Waals surface area contributed by atoms with Crippen molar-refractivity contribution >= 4 is 11.6 Å². The largest absolute Gasteiger partial charge is 0.494 e. The Labute approximate surface area is 178 Å². The lowest BCUT2D eigenvalue weighted by Crippen LogP contribution is -2.40. The summed E-state index contributed by atoms with van der Waals surface area (Å²) in [5.74, 6) is 2.02. The highest BCUT2D eigenvalue weighted by atomic mass is 16.5. The summed E-state index contributed by atoms with van der Waals surface area (Å²) < 4.78 is 16.5. The topological polar surface area (TPSA) is 75.0 Å². The molecule has 7 heteroatoms. The highest BCUT2D eigenvalue weighted by molar-refractivity contribution is 5.94. The molecule has 0 aliphatic heterocycles. The first-order chi connectivity index (χ1) is 14.6. The van der Waals surface area contributed by atoms with E-state index in [2.05, 4.69) is 6.07 Å². The molecule has 7 nitrogen and oxygen atoms in total. The molecular weight excluding hydrogens is 382 g/mol. The molecule has 0 atom stereocenters. The maximum Gasteiger partial charge on any atom is 0.241 e. The van der Waals surface area contributed by atoms with E-state index in [-0.39, 0.29) is 18.9 Å². The minimum absolute atomic E-state index is 0.0748. The summed E-state index contributed by atoms with van der Waals surface area (Å²) in [4.78, 5) is 16.4. The number of nitrogens with zero attached hydrogens (tertiary/aromatic N) is 3. The van der Waals surface area contributed by atoms with Crippen molar-refractivity contribution in [1.29, 1.82) is 5.26 Å². The molecule has 2 rings (SSSR count). The third-order valence-electron chi connectivity index (χ3n) is 4.41. The molecule has 0 aromatic heterocycles. The first-order valence-electron chi connectivity index (χ1n) is 9.93. The summed E-state index contributed by atoms with van der Waals surface area (Å²) in [5.41, 5.74) is 0.748. The second-order valence-corrected chi connectivity index (χ2v) is 6.62. The van der Waals surface area contributed by atoms with E-state index in [1.54, 1.807) is 12.0 Å². The van der Waals surface area contributed by atoms with Crippen molar-refractivity contribution in [2.24, 2.45) is 0 Å². The molecule has 160 valence electrons. The van der Waals surface area contributed by atoms with Crippen LogP contribution in [0.15, 0.2) is 48.5 Å². The average molecular weight is 412 g/mol. The number of ether oxygens (including phenoxy) is 3. The Bertz CT molecular complexity index is 833. The number of carbonyl (C=O) groups excluding carboxylic acids is 1. The molecule has 1 amide bonds. The fourth-order valence-electron chi connectivity index (χ4n) is 2.89. The zero-order valence-electron chi connectivity index (χ0n) is 17.8. The van der Waals surface area contributed by atoms with Crippen LogP contribution >= 0.6 is 0 Å². The van der Waals surface area contributed by atoms with Gasteiger partial charge in [-0.15, -0.1) is 0 Å². The molecular formula is C23H29N3O4. The Hall–Kier alpha value is -3.24. The quantitative estimate of drug-likeness (QED) is 0.533. The van der Waals surface area contributed by atoms with E-state index in [9.17, 15) is 4.79 Å². The summed E-state index contributed by atoms with van der Waals surface area (Å²) in [5, 5.41) is 8.96. The van der Waals surface area contributed by atoms with Crippen LogP contribution in [0.2, 0.25) is 0 Å². The number of anilines is 1. The van der Waals surface area contributed by atoms with Crippen molar-refractivity contribution < 1.29 is 19.0 Å². The van der Waals surface area contributed by atoms with Gasteiger partial charge in [-0.25, -0.2) is 0 Å². The zero-order valence-corrected chi connectivity index (χ0v) is 17.8. The molecule has 0 saturated carbocycles. The van der Waals surface area contributed by atoms with Crippen molar-refractivity contribution in [3.05, 3.63) is 48.5 Å². The van der Waals surface area contributed by atoms with Crippen molar-refractivity contribution in [1.82, 2.24) is 4.90 Å². The van der Waals surface area contributed by atoms with Gasteiger partial charge in [0.2, 0.25) is 5.91 Å². The van der Waals surface area contributed by atoms with E-state index >= 15 is 0 Å². The number of hydrogen-bond acceptors (Lipinski definition) is 6. The molecule has 0 aliphatic carbocycles. The van der Waals surface area contributed by atoms with Gasteiger partial charge in [-0.1, -0.05) is 12.1 Å². The number of hydrogen-bond donors (Lipinski definition) is 0. The summed E-state index contributed by atoms with van der Waals surface area (Å²) >= 11 is 0. The van der Waals surface area contributed by atoms with Gasteiger partial charge in [0.05, 0.1) is 32.8 Å². The number of nitriles is 1. The third kappa shape index (κ3) is 6.98. The van der Waals surface area contributed by atoms with Crippen molar-refractivity contribution in [3.8, 4) is 23.3 Å². The predicted octanol–water partition coefficient (Wildman–Crippen LogP) is 3.35. The lowest BCUT2D eigenvalue weighted by Gasteiger charge is -2.25. The standard InChI is InChI=1S/C23H29N3O4/c1-4-29-20-12-10-19(11-13-20)26(15-7-14-24)23(27)18-25(2)16-17-30-22-9-6-5-8-21(22)28-3/h5-6,8-13H,4,7,15-18H2,1-3H3. The molecule has 0 bridgehead atoms. The van der Waals surface area contributed by atoms with E-state index < -0.39 is 0 Å². The molecule has 0 fully saturated rings. The molecule has 0 unspecified atom stereocenters. The molecule has 0 spiro atoms. The summed E-state index contributed by atoms with van der Waals surface area (Å²) in [6, 6.07) is 16.9. The van der Waals surface area contributed by atoms with Crippen LogP contribution in [0.4, 0.5) is 5.69 Å². The van der Waals surface area contributed by atoms with Crippen LogP contribution in [0, 0.1) is 11.3 Å². The number of para-hydroxylation sites is 2. The smallest absolute Gasteiger partial charge is 0.241 e. The monoisotopic (exact) mass is 411 g/mol. The second kappa shape index (κ2) is 12.3. The lowest BCUT2D eigenvalue weighted by atomic mass is 10.2. The zero-order chi connectivity index (χ0) is 21.8. The van der Waals surface area contributed by atoms with E-state index in [0.29, 0.717) is 37.8 Å². The van der Waals surface area contributed by atoms with Crippen molar-refractivity contribution in [2.45, 2.75) is 13.3 Å². The number of methoxy groups -OCH3 is 1. The van der Waals surface area contributed by atoms with Gasteiger partial charge in [0.1, 0.15) is 12.4 Å². The first kappa shape index (κ1) is 23.0. The number of benzene rings is 2. The van der Waals surface area contributed by atoms with Gasteiger partial charge in [-0.3, -0.25) is 9.69 Å². The van der Waals surface area contributed by atoms with Crippen LogP contribution in [-0.4, -0.2) is 57.8 Å². The molecule has 2 aromatic carbocycles. The van der Waals surface area contributed by atoms with E-state index in [0.717, 1.165) is 11.4 Å². The molecule has 0 saturated heterocycles. The minimum atomic E-state index is -0.0748. The third-order valence-corrected chi connectivity index (χ3v) is 4.41. The normalized spacial score (nSPS) is 10.4. The summed E-state index contributed by atoms with van der Waals surface area (Å²) in [7, 11) is 3.47. The second-order valence-electron chi connectivity index (χ2n) is 6.62. The van der Waals surface area contributed by atoms with E-state index in [1.807, 2.05) is 67.4 Å². The molecule has 0 heterocycles. The first-order valence-corrected chi connectivity index (χ1v) is 9.93. The van der Waals surface area contributed by atoms with E-state index in [4.69, 9.17) is 19.5 Å². The van der Waals surface area contributed by atoms with Crippen LogP contribution in [0.1, 0.15) is 13.3 Å². The van der Waals surface area contributed by atoms with Crippen LogP contribution in [0.3, 0.4) is 0 Å². The van der Waals surface area contributed by atoms with Gasteiger partial charge in [-0.05, 0) is 50.4 Å². The maximum absolute atomic E-state index is 12.9. The number of amides is 1. The number of likely N-dealkylation sites (N-methyl/N-ethyl adjacent to an activating group) is 1. The van der Waals surface area contributed by atoms with Crippen LogP contribution < -0.4 is 19.1 Å². The van der Waals surface area contributed by atoms with Gasteiger partial charge >= 0.3 is 0 Å². The average Bonchev–Trinajstić information content (AvgIpc) is 2.75. The summed E-state index contributed by atoms with van der Waals surface area (Å²) in [6.45, 7) is 4.05. The highest BCUT2D eigenvalue weighted by Gasteiger charge is 2.17. The predicted molar refractivity (Wildman–Crippen MR) is 116 cm³/mol. The molecule has 0 aliphatic rings. The summed E-state index contributed by atoms with van der Waals surface area (Å²) in [6.07, 6.45) is 0.263. The highest BCUT2D eigenvalue weighted by Crippen LogP contribution is 2.25. The fourth-order valence-corrected chi connectivity index (χ4v) is 2.89. The van der Waals surface area contributed by atoms with Gasteiger partial charge < -0.3 is 19.1 Å². The van der Waals surface area contributed by atoms with Gasteiger partial charge in [0.25, 0.3) is 0 Å². The van der Waals surface area contributed by atoms with Gasteiger partial charge in [0, 0.05) is 18.8 Å².